The molecule has 1 aromatic rings. The molecule has 1 unspecified atom stereocenters. The van der Waals surface area contributed by atoms with Gasteiger partial charge in [-0.2, -0.15) is 0 Å². The quantitative estimate of drug-likeness (QED) is 0.529. The molecule has 6 nitrogen and oxygen atoms in total. The number of carboxylic acid groups (broad SMARTS) is 1. The average molecular weight is 372 g/mol. The van der Waals surface area contributed by atoms with Gasteiger partial charge in [0, 0.05) is 16.7 Å². The van der Waals surface area contributed by atoms with Crippen molar-refractivity contribution in [2.24, 2.45) is 0 Å². The van der Waals surface area contributed by atoms with Gasteiger partial charge in [0.15, 0.2) is 6.10 Å². The highest BCUT2D eigenvalue weighted by atomic mass is 16.6. The molecule has 1 N–H and O–H groups in total. The number of aliphatic carboxylic acids is 1. The smallest absolute Gasteiger partial charge is 0.333 e. The normalized spacial score (nSPS) is 12.9. The molecular formula is C21H24O6. The van der Waals surface area contributed by atoms with Gasteiger partial charge >= 0.3 is 17.9 Å². The molecule has 0 amide bonds. The molecule has 0 saturated heterocycles. The molecule has 0 spiro atoms. The van der Waals surface area contributed by atoms with Crippen LogP contribution >= 0.6 is 0 Å². The van der Waals surface area contributed by atoms with E-state index in [9.17, 15) is 14.4 Å². The van der Waals surface area contributed by atoms with Crippen molar-refractivity contribution in [3.05, 3.63) is 71.3 Å². The number of rotatable bonds is 9. The molecule has 1 rings (SSSR count). The Bertz CT molecular complexity index is 758. The van der Waals surface area contributed by atoms with E-state index in [0.29, 0.717) is 12.0 Å². The number of carbonyl (C=O) groups excluding carboxylic acids is 2. The van der Waals surface area contributed by atoms with E-state index in [1.807, 2.05) is 30.3 Å². The third-order valence-corrected chi connectivity index (χ3v) is 3.57. The summed E-state index contributed by atoms with van der Waals surface area (Å²) in [7, 11) is 0. The Kier molecular flexibility index (Phi) is 8.72. The van der Waals surface area contributed by atoms with Crippen LogP contribution in [0.15, 0.2) is 65.8 Å². The second kappa shape index (κ2) is 10.8. The van der Waals surface area contributed by atoms with E-state index in [1.54, 1.807) is 13.0 Å². The number of hydrogen-bond donors (Lipinski definition) is 1. The molecule has 0 aromatic heterocycles. The van der Waals surface area contributed by atoms with E-state index in [1.165, 1.54) is 19.9 Å². The predicted molar refractivity (Wildman–Crippen MR) is 101 cm³/mol. The highest BCUT2D eigenvalue weighted by Crippen LogP contribution is 2.08. The molecule has 0 aliphatic heterocycles. The largest absolute Gasteiger partial charge is 0.478 e. The van der Waals surface area contributed by atoms with Crippen molar-refractivity contribution in [1.29, 1.82) is 0 Å². The number of carbonyl (C=O) groups is 3. The van der Waals surface area contributed by atoms with Crippen LogP contribution in [-0.4, -0.2) is 35.7 Å². The summed E-state index contributed by atoms with van der Waals surface area (Å²) in [5, 5.41) is 8.97. The lowest BCUT2D eigenvalue weighted by molar-refractivity contribution is -0.151. The summed E-state index contributed by atoms with van der Waals surface area (Å²) in [5.41, 5.74) is 1.59. The first-order valence-electron chi connectivity index (χ1n) is 8.36. The summed E-state index contributed by atoms with van der Waals surface area (Å²) in [6, 6.07) is 9.62. The van der Waals surface area contributed by atoms with Crippen LogP contribution in [-0.2, 0) is 30.3 Å². The molecule has 6 heteroatoms. The van der Waals surface area contributed by atoms with Gasteiger partial charge in [0.1, 0.15) is 6.61 Å². The summed E-state index contributed by atoms with van der Waals surface area (Å²) in [6.45, 7) is 7.63. The first-order chi connectivity index (χ1) is 12.7. The van der Waals surface area contributed by atoms with Crippen molar-refractivity contribution >= 4 is 17.9 Å². The van der Waals surface area contributed by atoms with Crippen molar-refractivity contribution < 1.29 is 29.0 Å². The number of carboxylic acids is 1. The van der Waals surface area contributed by atoms with E-state index in [0.717, 1.165) is 5.56 Å². The minimum absolute atomic E-state index is 0.0260. The molecule has 1 atom stereocenters. The van der Waals surface area contributed by atoms with E-state index in [2.05, 4.69) is 6.58 Å². The topological polar surface area (TPSA) is 89.9 Å². The lowest BCUT2D eigenvalue weighted by atomic mass is 10.1. The van der Waals surface area contributed by atoms with Crippen LogP contribution in [0.25, 0.3) is 0 Å². The monoisotopic (exact) mass is 372 g/mol. The van der Waals surface area contributed by atoms with E-state index in [-0.39, 0.29) is 17.8 Å². The molecule has 0 aliphatic rings. The Morgan fingerprint density at radius 3 is 2.26 bits per heavy atom. The van der Waals surface area contributed by atoms with E-state index in [4.69, 9.17) is 14.6 Å². The minimum Gasteiger partial charge on any atom is -0.478 e. The van der Waals surface area contributed by atoms with Gasteiger partial charge in [-0.05, 0) is 38.8 Å². The standard InChI is InChI=1S/C21H24O6/c1-14(2)20(24)27-18(12-16(4)19(22)23)13-26-21(25)15(3)10-11-17-8-6-5-7-9-17/h5-10,12,18H,1,11,13H2,2-4H3,(H,22,23). The molecule has 1 aromatic carbocycles. The molecular weight excluding hydrogens is 348 g/mol. The van der Waals surface area contributed by atoms with Gasteiger partial charge in [-0.15, -0.1) is 0 Å². The van der Waals surface area contributed by atoms with E-state index >= 15 is 0 Å². The van der Waals surface area contributed by atoms with Gasteiger partial charge in [0.2, 0.25) is 0 Å². The Morgan fingerprint density at radius 2 is 1.70 bits per heavy atom. The van der Waals surface area contributed by atoms with Crippen LogP contribution < -0.4 is 0 Å². The van der Waals surface area contributed by atoms with Crippen molar-refractivity contribution in [2.75, 3.05) is 6.61 Å². The van der Waals surface area contributed by atoms with Gasteiger partial charge < -0.3 is 14.6 Å². The zero-order chi connectivity index (χ0) is 20.4. The summed E-state index contributed by atoms with van der Waals surface area (Å²) in [4.78, 5) is 34.8. The predicted octanol–water partition coefficient (Wildman–Crippen LogP) is 3.24. The second-order valence-electron chi connectivity index (χ2n) is 6.05. The number of ether oxygens (including phenoxy) is 2. The van der Waals surface area contributed by atoms with Crippen LogP contribution in [0.3, 0.4) is 0 Å². The number of esters is 2. The van der Waals surface area contributed by atoms with Gasteiger partial charge in [0.25, 0.3) is 0 Å². The van der Waals surface area contributed by atoms with Crippen LogP contribution in [0.2, 0.25) is 0 Å². The Morgan fingerprint density at radius 1 is 1.07 bits per heavy atom. The average Bonchev–Trinajstić information content (AvgIpc) is 2.64. The highest BCUT2D eigenvalue weighted by Gasteiger charge is 2.17. The van der Waals surface area contributed by atoms with E-state index < -0.39 is 24.0 Å². The van der Waals surface area contributed by atoms with Gasteiger partial charge in [-0.1, -0.05) is 43.0 Å². The fourth-order valence-electron chi connectivity index (χ4n) is 1.94. The first kappa shape index (κ1) is 21.9. The Hall–Kier alpha value is -3.15. The number of benzene rings is 1. The summed E-state index contributed by atoms with van der Waals surface area (Å²) in [6.07, 6.45) is 2.52. The van der Waals surface area contributed by atoms with Crippen molar-refractivity contribution in [3.63, 3.8) is 0 Å². The van der Waals surface area contributed by atoms with Crippen LogP contribution in [0.4, 0.5) is 0 Å². The van der Waals surface area contributed by atoms with Crippen LogP contribution in [0, 0.1) is 0 Å². The highest BCUT2D eigenvalue weighted by molar-refractivity contribution is 5.89. The third kappa shape index (κ3) is 8.18. The molecule has 0 heterocycles. The first-order valence-corrected chi connectivity index (χ1v) is 8.36. The zero-order valence-corrected chi connectivity index (χ0v) is 15.7. The molecule has 0 fully saturated rings. The van der Waals surface area contributed by atoms with Crippen molar-refractivity contribution in [2.45, 2.75) is 33.3 Å². The number of allylic oxidation sites excluding steroid dienone is 1. The third-order valence-electron chi connectivity index (χ3n) is 3.57. The molecule has 0 bridgehead atoms. The molecule has 0 radical (unpaired) electrons. The van der Waals surface area contributed by atoms with Gasteiger partial charge in [-0.3, -0.25) is 0 Å². The Balaban J connectivity index is 2.73. The van der Waals surface area contributed by atoms with Gasteiger partial charge in [0.05, 0.1) is 0 Å². The van der Waals surface area contributed by atoms with Crippen molar-refractivity contribution in [1.82, 2.24) is 0 Å². The molecule has 144 valence electrons. The van der Waals surface area contributed by atoms with Gasteiger partial charge in [-0.25, -0.2) is 14.4 Å². The molecule has 0 saturated carbocycles. The Labute approximate surface area is 158 Å². The summed E-state index contributed by atoms with van der Waals surface area (Å²) in [5.74, 6) is -2.41. The van der Waals surface area contributed by atoms with Crippen molar-refractivity contribution in [3.8, 4) is 0 Å². The van der Waals surface area contributed by atoms with Crippen LogP contribution in [0.5, 0.6) is 0 Å². The number of hydrogen-bond acceptors (Lipinski definition) is 5. The fourth-order valence-corrected chi connectivity index (χ4v) is 1.94. The summed E-state index contributed by atoms with van der Waals surface area (Å²) >= 11 is 0. The second-order valence-corrected chi connectivity index (χ2v) is 6.05. The zero-order valence-electron chi connectivity index (χ0n) is 15.7. The molecule has 0 aliphatic carbocycles. The SMILES string of the molecule is C=C(C)C(=O)OC(C=C(C)C(=O)O)COC(=O)C(C)=CCc1ccccc1. The summed E-state index contributed by atoms with van der Waals surface area (Å²) < 4.78 is 10.3. The maximum Gasteiger partial charge on any atom is 0.333 e. The minimum atomic E-state index is -1.16. The maximum absolute atomic E-state index is 12.1. The fraction of sp³-hybridized carbons (Fsp3) is 0.286. The lowest BCUT2D eigenvalue weighted by Crippen LogP contribution is -2.25. The maximum atomic E-state index is 12.1. The van der Waals surface area contributed by atoms with Crippen LogP contribution in [0.1, 0.15) is 26.3 Å². The lowest BCUT2D eigenvalue weighted by Gasteiger charge is -2.15. The molecule has 27 heavy (non-hydrogen) atoms.